The second-order valence-electron chi connectivity index (χ2n) is 4.91. The Hall–Kier alpha value is -1.21. The molecule has 0 N–H and O–H groups in total. The van der Waals surface area contributed by atoms with Crippen LogP contribution in [-0.2, 0) is 6.18 Å². The van der Waals surface area contributed by atoms with Crippen LogP contribution in [0.2, 0.25) is 0 Å². The summed E-state index contributed by atoms with van der Waals surface area (Å²) in [5.41, 5.74) is 0.947. The fraction of sp³-hybridized carbons (Fsp3) is 0.500. The third-order valence-electron chi connectivity index (χ3n) is 3.42. The minimum Gasteiger partial charge on any atom is -0.417 e. The number of anilines is 1. The van der Waals surface area contributed by atoms with Gasteiger partial charge in [-0.25, -0.2) is 4.98 Å². The summed E-state index contributed by atoms with van der Waals surface area (Å²) in [6.45, 7) is 1.42. The highest BCUT2D eigenvalue weighted by Gasteiger charge is 2.39. The zero-order valence-corrected chi connectivity index (χ0v) is 13.7. The zero-order valence-electron chi connectivity index (χ0n) is 11.2. The largest absolute Gasteiger partial charge is 0.470 e. The van der Waals surface area contributed by atoms with Crippen molar-refractivity contribution < 1.29 is 17.6 Å². The Morgan fingerprint density at radius 3 is 2.55 bits per heavy atom. The summed E-state index contributed by atoms with van der Waals surface area (Å²) in [4.78, 5) is 6.49. The van der Waals surface area contributed by atoms with Crippen LogP contribution in [0, 0.1) is 0 Å². The minimum atomic E-state index is -4.59. The molecule has 0 unspecified atom stereocenters. The van der Waals surface area contributed by atoms with E-state index in [9.17, 15) is 13.2 Å². The van der Waals surface area contributed by atoms with E-state index >= 15 is 0 Å². The van der Waals surface area contributed by atoms with Crippen LogP contribution >= 0.6 is 24.1 Å². The molecule has 0 saturated carbocycles. The van der Waals surface area contributed by atoms with Crippen molar-refractivity contribution in [2.75, 3.05) is 18.0 Å². The molecule has 5 nitrogen and oxygen atoms in total. The lowest BCUT2D eigenvalue weighted by Gasteiger charge is -2.30. The number of aromatic nitrogens is 3. The van der Waals surface area contributed by atoms with Gasteiger partial charge in [0.05, 0.1) is 0 Å². The minimum absolute atomic E-state index is 0.0734. The van der Waals surface area contributed by atoms with Gasteiger partial charge in [-0.15, -0.1) is 10.2 Å². The zero-order chi connectivity index (χ0) is 15.7. The quantitative estimate of drug-likeness (QED) is 0.763. The molecule has 0 aromatic carbocycles. The SMILES string of the molecule is FC(F)(F)c1nnc(C2CCN(c3ncc(Br)cp3)CC2)o1. The van der Waals surface area contributed by atoms with Crippen molar-refractivity contribution in [2.24, 2.45) is 0 Å². The van der Waals surface area contributed by atoms with E-state index in [1.165, 1.54) is 0 Å². The lowest BCUT2D eigenvalue weighted by molar-refractivity contribution is -0.157. The van der Waals surface area contributed by atoms with Gasteiger partial charge < -0.3 is 9.32 Å². The predicted molar refractivity (Wildman–Crippen MR) is 77.9 cm³/mol. The molecule has 0 amide bonds. The molecule has 118 valence electrons. The highest BCUT2D eigenvalue weighted by atomic mass is 79.9. The maximum atomic E-state index is 12.5. The Labute approximate surface area is 134 Å². The van der Waals surface area contributed by atoms with Gasteiger partial charge in [0.25, 0.3) is 0 Å². The van der Waals surface area contributed by atoms with Crippen LogP contribution in [0.1, 0.15) is 30.5 Å². The van der Waals surface area contributed by atoms with Gasteiger partial charge in [0, 0.05) is 29.7 Å². The molecule has 10 heteroatoms. The molecule has 1 saturated heterocycles. The average molecular weight is 395 g/mol. The molecule has 22 heavy (non-hydrogen) atoms. The second kappa shape index (κ2) is 6.12. The van der Waals surface area contributed by atoms with Gasteiger partial charge in [0.2, 0.25) is 5.89 Å². The van der Waals surface area contributed by atoms with Crippen molar-refractivity contribution in [1.82, 2.24) is 15.2 Å². The highest BCUT2D eigenvalue weighted by molar-refractivity contribution is 9.10. The number of nitrogens with zero attached hydrogens (tertiary/aromatic N) is 4. The first-order chi connectivity index (χ1) is 10.4. The summed E-state index contributed by atoms with van der Waals surface area (Å²) in [6.07, 6.45) is -1.51. The van der Waals surface area contributed by atoms with E-state index in [2.05, 4.69) is 36.0 Å². The van der Waals surface area contributed by atoms with Crippen LogP contribution in [0.3, 0.4) is 0 Å². The summed E-state index contributed by atoms with van der Waals surface area (Å²) in [6, 6.07) is 0. The number of alkyl halides is 3. The molecule has 0 radical (unpaired) electrons. The van der Waals surface area contributed by atoms with Gasteiger partial charge in [-0.05, 0) is 42.8 Å². The highest BCUT2D eigenvalue weighted by Crippen LogP contribution is 2.35. The maximum absolute atomic E-state index is 12.5. The first kappa shape index (κ1) is 15.7. The molecule has 3 rings (SSSR count). The van der Waals surface area contributed by atoms with Gasteiger partial charge in [0.15, 0.2) is 5.55 Å². The Morgan fingerprint density at radius 2 is 2.00 bits per heavy atom. The average Bonchev–Trinajstić information content (AvgIpc) is 2.98. The first-order valence-electron chi connectivity index (χ1n) is 6.56. The topological polar surface area (TPSA) is 55.1 Å². The van der Waals surface area contributed by atoms with E-state index in [1.54, 1.807) is 6.20 Å². The normalized spacial score (nSPS) is 17.4. The smallest absolute Gasteiger partial charge is 0.417 e. The van der Waals surface area contributed by atoms with E-state index in [0.29, 0.717) is 25.9 Å². The van der Waals surface area contributed by atoms with E-state index in [-0.39, 0.29) is 11.8 Å². The summed E-state index contributed by atoms with van der Waals surface area (Å²) in [5, 5.41) is 6.63. The van der Waals surface area contributed by atoms with Crippen LogP contribution in [0.5, 0.6) is 0 Å². The monoisotopic (exact) mass is 394 g/mol. The predicted octanol–water partition coefficient (Wildman–Crippen LogP) is 4.21. The molecule has 3 heterocycles. The fourth-order valence-corrected chi connectivity index (χ4v) is 3.51. The Morgan fingerprint density at radius 1 is 1.27 bits per heavy atom. The van der Waals surface area contributed by atoms with Gasteiger partial charge >= 0.3 is 12.1 Å². The molecule has 0 atom stereocenters. The van der Waals surface area contributed by atoms with Gasteiger partial charge in [-0.3, -0.25) is 0 Å². The van der Waals surface area contributed by atoms with E-state index in [1.807, 2.05) is 5.80 Å². The molecule has 0 bridgehead atoms. The van der Waals surface area contributed by atoms with Crippen molar-refractivity contribution in [3.8, 4) is 0 Å². The van der Waals surface area contributed by atoms with Crippen LogP contribution in [0.25, 0.3) is 0 Å². The number of rotatable bonds is 2. The number of hydrogen-bond donors (Lipinski definition) is 0. The molecule has 0 aliphatic carbocycles. The summed E-state index contributed by atoms with van der Waals surface area (Å²) >= 11 is 3.35. The van der Waals surface area contributed by atoms with Crippen molar-refractivity contribution in [1.29, 1.82) is 0 Å². The number of piperidine rings is 1. The lowest BCUT2D eigenvalue weighted by atomic mass is 9.97. The molecule has 0 spiro atoms. The second-order valence-corrected chi connectivity index (χ2v) is 6.74. The summed E-state index contributed by atoms with van der Waals surface area (Å²) in [7, 11) is 1.01. The molecule has 2 aromatic rings. The third-order valence-corrected chi connectivity index (χ3v) is 5.24. The summed E-state index contributed by atoms with van der Waals surface area (Å²) < 4.78 is 43.1. The van der Waals surface area contributed by atoms with E-state index < -0.39 is 12.1 Å². The van der Waals surface area contributed by atoms with Crippen LogP contribution in [0.15, 0.2) is 20.9 Å². The van der Waals surface area contributed by atoms with Gasteiger partial charge in [-0.2, -0.15) is 13.2 Å². The van der Waals surface area contributed by atoms with Crippen LogP contribution < -0.4 is 4.90 Å². The van der Waals surface area contributed by atoms with Crippen LogP contribution in [-0.4, -0.2) is 28.3 Å². The Balaban J connectivity index is 1.64. The first-order valence-corrected chi connectivity index (χ1v) is 8.32. The fourth-order valence-electron chi connectivity index (χ4n) is 2.31. The molecule has 1 aliphatic heterocycles. The van der Waals surface area contributed by atoms with E-state index in [0.717, 1.165) is 18.2 Å². The Kier molecular flexibility index (Phi) is 4.36. The molecule has 2 aromatic heterocycles. The standard InChI is InChI=1S/C12H11BrF3N4OP/c13-8-5-17-11(22-6-8)20-3-1-7(2-4-20)9-18-19-10(21-9)12(14,15)16/h5-7H,1-4H2. The maximum Gasteiger partial charge on any atom is 0.470 e. The Bertz CT molecular complexity index is 641. The molecule has 1 aliphatic rings. The molecular formula is C12H11BrF3N4OP. The summed E-state index contributed by atoms with van der Waals surface area (Å²) in [5.74, 6) is 0.670. The van der Waals surface area contributed by atoms with Gasteiger partial charge in [0.1, 0.15) is 0 Å². The van der Waals surface area contributed by atoms with Crippen molar-refractivity contribution in [2.45, 2.75) is 24.9 Å². The lowest BCUT2D eigenvalue weighted by Crippen LogP contribution is -2.33. The van der Waals surface area contributed by atoms with Crippen molar-refractivity contribution >= 4 is 29.7 Å². The molecule has 1 fully saturated rings. The number of halogens is 4. The number of hydrogen-bond acceptors (Lipinski definition) is 5. The third kappa shape index (κ3) is 3.41. The van der Waals surface area contributed by atoms with Crippen molar-refractivity contribution in [3.05, 3.63) is 28.2 Å². The van der Waals surface area contributed by atoms with E-state index in [4.69, 9.17) is 4.42 Å². The van der Waals surface area contributed by atoms with Crippen LogP contribution in [0.4, 0.5) is 18.7 Å². The van der Waals surface area contributed by atoms with Crippen molar-refractivity contribution in [3.63, 3.8) is 0 Å². The van der Waals surface area contributed by atoms with Gasteiger partial charge in [-0.1, -0.05) is 0 Å². The molecular weight excluding hydrogens is 384 g/mol.